The molecule has 3 nitrogen and oxygen atoms in total. The van der Waals surface area contributed by atoms with E-state index in [4.69, 9.17) is 16.3 Å². The van der Waals surface area contributed by atoms with Gasteiger partial charge in [-0.05, 0) is 43.9 Å². The van der Waals surface area contributed by atoms with Gasteiger partial charge in [-0.25, -0.2) is 0 Å². The molecule has 0 heterocycles. The van der Waals surface area contributed by atoms with Crippen LogP contribution < -0.4 is 4.74 Å². The lowest BCUT2D eigenvalue weighted by Gasteiger charge is -2.21. The van der Waals surface area contributed by atoms with Crippen molar-refractivity contribution in [2.24, 2.45) is 5.41 Å². The summed E-state index contributed by atoms with van der Waals surface area (Å²) in [7, 11) is 1.60. The Morgan fingerprint density at radius 3 is 2.42 bits per heavy atom. The summed E-state index contributed by atoms with van der Waals surface area (Å²) in [6.07, 6.45) is 0.413. The molecule has 0 aromatic heterocycles. The number of rotatable bonds is 5. The van der Waals surface area contributed by atoms with Gasteiger partial charge in [0.1, 0.15) is 5.75 Å². The smallest absolute Gasteiger partial charge is 0.309 e. The molecular formula is C15H21ClO3. The van der Waals surface area contributed by atoms with Crippen molar-refractivity contribution in [1.82, 2.24) is 0 Å². The highest BCUT2D eigenvalue weighted by Gasteiger charge is 2.28. The molecule has 0 unspecified atom stereocenters. The van der Waals surface area contributed by atoms with E-state index in [0.717, 1.165) is 16.9 Å². The van der Waals surface area contributed by atoms with Crippen LogP contribution in [0.2, 0.25) is 5.02 Å². The van der Waals surface area contributed by atoms with E-state index in [-0.39, 0.29) is 5.92 Å². The molecule has 19 heavy (non-hydrogen) atoms. The number of carboxylic acids is 1. The molecule has 0 amide bonds. The van der Waals surface area contributed by atoms with Crippen LogP contribution in [0.5, 0.6) is 5.75 Å². The fourth-order valence-electron chi connectivity index (χ4n) is 2.06. The van der Waals surface area contributed by atoms with Gasteiger partial charge in [-0.1, -0.05) is 25.4 Å². The lowest BCUT2D eigenvalue weighted by Crippen LogP contribution is -2.26. The van der Waals surface area contributed by atoms with E-state index in [9.17, 15) is 9.90 Å². The predicted octanol–water partition coefficient (Wildman–Crippen LogP) is 4.13. The van der Waals surface area contributed by atoms with Crippen LogP contribution in [0.4, 0.5) is 0 Å². The zero-order chi connectivity index (χ0) is 14.8. The zero-order valence-electron chi connectivity index (χ0n) is 12.1. The second-order valence-corrected chi connectivity index (χ2v) is 6.12. The monoisotopic (exact) mass is 284 g/mol. The van der Waals surface area contributed by atoms with Crippen molar-refractivity contribution in [3.8, 4) is 5.75 Å². The first kappa shape index (κ1) is 15.8. The first-order valence-corrected chi connectivity index (χ1v) is 6.66. The second kappa shape index (κ2) is 5.83. The maximum Gasteiger partial charge on any atom is 0.309 e. The molecule has 1 aromatic carbocycles. The Bertz CT molecular complexity index is 479. The lowest BCUT2D eigenvalue weighted by atomic mass is 9.85. The van der Waals surface area contributed by atoms with E-state index in [2.05, 4.69) is 0 Å². The molecule has 4 heteroatoms. The lowest BCUT2D eigenvalue weighted by molar-refractivity contribution is -0.146. The minimum absolute atomic E-state index is 0.254. The molecule has 0 saturated carbocycles. The van der Waals surface area contributed by atoms with Gasteiger partial charge in [0, 0.05) is 10.6 Å². The van der Waals surface area contributed by atoms with E-state index in [1.807, 2.05) is 26.0 Å². The summed E-state index contributed by atoms with van der Waals surface area (Å²) in [6, 6.07) is 3.72. The van der Waals surface area contributed by atoms with Crippen molar-refractivity contribution in [3.63, 3.8) is 0 Å². The molecule has 0 aliphatic carbocycles. The number of ether oxygens (including phenoxy) is 1. The molecule has 0 bridgehead atoms. The highest BCUT2D eigenvalue weighted by Crippen LogP contribution is 2.36. The van der Waals surface area contributed by atoms with Gasteiger partial charge in [-0.2, -0.15) is 0 Å². The van der Waals surface area contributed by atoms with Crippen molar-refractivity contribution in [2.45, 2.75) is 40.0 Å². The van der Waals surface area contributed by atoms with Gasteiger partial charge in [0.25, 0.3) is 0 Å². The fourth-order valence-corrected chi connectivity index (χ4v) is 2.51. The first-order valence-electron chi connectivity index (χ1n) is 6.28. The fraction of sp³-hybridized carbons (Fsp3) is 0.533. The standard InChI is InChI=1S/C15H21ClO3/c1-9(2)13-11(16)6-10(7-12(13)19-5)8-15(3,4)14(17)18/h6-7,9H,8H2,1-5H3,(H,17,18). The molecule has 1 rings (SSSR count). The summed E-state index contributed by atoms with van der Waals surface area (Å²) >= 11 is 6.29. The van der Waals surface area contributed by atoms with Gasteiger partial charge in [-0.3, -0.25) is 4.79 Å². The Labute approximate surface area is 119 Å². The van der Waals surface area contributed by atoms with Crippen LogP contribution in [-0.2, 0) is 11.2 Å². The minimum atomic E-state index is -0.826. The average molecular weight is 285 g/mol. The molecule has 0 radical (unpaired) electrons. The Balaban J connectivity index is 3.19. The molecule has 0 atom stereocenters. The second-order valence-electron chi connectivity index (χ2n) is 5.71. The SMILES string of the molecule is COc1cc(CC(C)(C)C(=O)O)cc(Cl)c1C(C)C. The predicted molar refractivity (Wildman–Crippen MR) is 77.2 cm³/mol. The molecular weight excluding hydrogens is 264 g/mol. The number of carbonyl (C=O) groups is 1. The van der Waals surface area contributed by atoms with Crippen molar-refractivity contribution < 1.29 is 14.6 Å². The summed E-state index contributed by atoms with van der Waals surface area (Å²) in [6.45, 7) is 7.49. The van der Waals surface area contributed by atoms with Crippen molar-refractivity contribution >= 4 is 17.6 Å². The zero-order valence-corrected chi connectivity index (χ0v) is 12.8. The Kier molecular flexibility index (Phi) is 4.86. The molecule has 0 fully saturated rings. The molecule has 1 N–H and O–H groups in total. The van der Waals surface area contributed by atoms with Crippen LogP contribution in [0, 0.1) is 5.41 Å². The number of carboxylic acid groups (broad SMARTS) is 1. The number of benzene rings is 1. The molecule has 0 aliphatic heterocycles. The molecule has 1 aromatic rings. The topological polar surface area (TPSA) is 46.5 Å². The summed E-state index contributed by atoms with van der Waals surface area (Å²) in [5.41, 5.74) is 1.01. The molecule has 0 saturated heterocycles. The number of methoxy groups -OCH3 is 1. The summed E-state index contributed by atoms with van der Waals surface area (Å²) in [4.78, 5) is 11.2. The van der Waals surface area contributed by atoms with E-state index >= 15 is 0 Å². The van der Waals surface area contributed by atoms with Crippen LogP contribution in [0.3, 0.4) is 0 Å². The number of hydrogen-bond acceptors (Lipinski definition) is 2. The molecule has 0 aliphatic rings. The van der Waals surface area contributed by atoms with Crippen LogP contribution in [0.1, 0.15) is 44.7 Å². The van der Waals surface area contributed by atoms with Crippen LogP contribution in [0.25, 0.3) is 0 Å². The largest absolute Gasteiger partial charge is 0.496 e. The van der Waals surface area contributed by atoms with E-state index in [0.29, 0.717) is 11.4 Å². The quantitative estimate of drug-likeness (QED) is 0.884. The van der Waals surface area contributed by atoms with Gasteiger partial charge in [-0.15, -0.1) is 0 Å². The minimum Gasteiger partial charge on any atom is -0.496 e. The van der Waals surface area contributed by atoms with Crippen LogP contribution in [-0.4, -0.2) is 18.2 Å². The summed E-state index contributed by atoms with van der Waals surface area (Å²) in [5.74, 6) is 0.151. The van der Waals surface area contributed by atoms with E-state index < -0.39 is 11.4 Å². The number of halogens is 1. The highest BCUT2D eigenvalue weighted by atomic mass is 35.5. The van der Waals surface area contributed by atoms with Crippen molar-refractivity contribution in [1.29, 1.82) is 0 Å². The Morgan fingerprint density at radius 2 is 2.00 bits per heavy atom. The first-order chi connectivity index (χ1) is 8.69. The maximum atomic E-state index is 11.2. The number of aliphatic carboxylic acids is 1. The highest BCUT2D eigenvalue weighted by molar-refractivity contribution is 6.31. The van der Waals surface area contributed by atoms with Gasteiger partial charge in [0.2, 0.25) is 0 Å². The van der Waals surface area contributed by atoms with Crippen molar-refractivity contribution in [3.05, 3.63) is 28.3 Å². The average Bonchev–Trinajstić information content (AvgIpc) is 2.26. The maximum absolute atomic E-state index is 11.2. The number of hydrogen-bond donors (Lipinski definition) is 1. The van der Waals surface area contributed by atoms with E-state index in [1.54, 1.807) is 21.0 Å². The van der Waals surface area contributed by atoms with E-state index in [1.165, 1.54) is 0 Å². The normalized spacial score (nSPS) is 11.7. The van der Waals surface area contributed by atoms with Crippen LogP contribution in [0.15, 0.2) is 12.1 Å². The third-order valence-corrected chi connectivity index (χ3v) is 3.49. The van der Waals surface area contributed by atoms with Gasteiger partial charge >= 0.3 is 5.97 Å². The van der Waals surface area contributed by atoms with Gasteiger partial charge in [0.15, 0.2) is 0 Å². The van der Waals surface area contributed by atoms with Gasteiger partial charge in [0.05, 0.1) is 12.5 Å². The third kappa shape index (κ3) is 3.63. The summed E-state index contributed by atoms with van der Waals surface area (Å²) < 4.78 is 5.37. The molecule has 0 spiro atoms. The Hall–Kier alpha value is -1.22. The van der Waals surface area contributed by atoms with Gasteiger partial charge < -0.3 is 9.84 Å². The van der Waals surface area contributed by atoms with Crippen molar-refractivity contribution in [2.75, 3.05) is 7.11 Å². The Morgan fingerprint density at radius 1 is 1.42 bits per heavy atom. The summed E-state index contributed by atoms with van der Waals surface area (Å²) in [5, 5.41) is 9.81. The third-order valence-electron chi connectivity index (χ3n) is 3.17. The van der Waals surface area contributed by atoms with Crippen LogP contribution >= 0.6 is 11.6 Å². The molecule has 106 valence electrons.